The van der Waals surface area contributed by atoms with E-state index in [4.69, 9.17) is 19.9 Å². The number of piperidine rings is 1. The van der Waals surface area contributed by atoms with Gasteiger partial charge in [-0.1, -0.05) is 36.1 Å². The second-order valence-corrected chi connectivity index (χ2v) is 10.8. The van der Waals surface area contributed by atoms with Crippen molar-refractivity contribution in [1.29, 1.82) is 5.41 Å². The van der Waals surface area contributed by atoms with Crippen molar-refractivity contribution < 1.29 is 14.3 Å². The smallest absolute Gasteiger partial charge is 0.414 e. The number of hydrogen-bond donors (Lipinski definition) is 4. The van der Waals surface area contributed by atoms with Gasteiger partial charge in [-0.25, -0.2) is 9.78 Å². The van der Waals surface area contributed by atoms with Crippen LogP contribution in [0.2, 0.25) is 0 Å². The molecule has 2 aromatic carbocycles. The van der Waals surface area contributed by atoms with E-state index in [1.807, 2.05) is 36.4 Å². The number of likely N-dealkylation sites (tertiary alicyclic amines) is 1. The van der Waals surface area contributed by atoms with Crippen LogP contribution in [0, 0.1) is 17.3 Å². The van der Waals surface area contributed by atoms with Crippen molar-refractivity contribution in [3.8, 4) is 11.8 Å². The lowest BCUT2D eigenvalue weighted by molar-refractivity contribution is -0.0264. The number of hydrogen-bond acceptors (Lipinski definition) is 6. The quantitative estimate of drug-likeness (QED) is 0.161. The van der Waals surface area contributed by atoms with Crippen LogP contribution < -0.4 is 10.6 Å². The lowest BCUT2D eigenvalue weighted by Crippen LogP contribution is -2.43. The molecule has 9 nitrogen and oxygen atoms in total. The molecule has 206 valence electrons. The maximum absolute atomic E-state index is 11.8. The van der Waals surface area contributed by atoms with Gasteiger partial charge in [-0.05, 0) is 70.5 Å². The van der Waals surface area contributed by atoms with Gasteiger partial charge in [-0.2, -0.15) is 0 Å². The third-order valence-corrected chi connectivity index (χ3v) is 6.25. The van der Waals surface area contributed by atoms with Crippen LogP contribution in [0.3, 0.4) is 0 Å². The number of rotatable bonds is 6. The molecular formula is C30H38N6O3. The van der Waals surface area contributed by atoms with E-state index in [9.17, 15) is 4.79 Å². The van der Waals surface area contributed by atoms with Crippen molar-refractivity contribution in [2.75, 3.05) is 26.7 Å². The Morgan fingerprint density at radius 3 is 2.72 bits per heavy atom. The molecule has 1 aliphatic rings. The second kappa shape index (κ2) is 12.8. The second-order valence-electron chi connectivity index (χ2n) is 10.8. The summed E-state index contributed by atoms with van der Waals surface area (Å²) in [7, 11) is 2.14. The van der Waals surface area contributed by atoms with Crippen LogP contribution in [0.4, 0.5) is 4.79 Å². The maximum Gasteiger partial charge on any atom is 0.414 e. The van der Waals surface area contributed by atoms with E-state index in [1.54, 1.807) is 20.8 Å². The number of aromatic nitrogens is 2. The summed E-state index contributed by atoms with van der Waals surface area (Å²) in [5, 5.41) is 13.0. The van der Waals surface area contributed by atoms with E-state index >= 15 is 0 Å². The van der Waals surface area contributed by atoms with E-state index in [0.29, 0.717) is 13.0 Å². The zero-order valence-corrected chi connectivity index (χ0v) is 23.1. The fraction of sp³-hybridized carbons (Fsp3) is 0.433. The number of carbonyl (C=O) groups is 1. The number of aromatic amines is 1. The van der Waals surface area contributed by atoms with Gasteiger partial charge in [0.05, 0.1) is 17.1 Å². The van der Waals surface area contributed by atoms with Gasteiger partial charge >= 0.3 is 6.09 Å². The van der Waals surface area contributed by atoms with Crippen LogP contribution >= 0.6 is 0 Å². The number of benzene rings is 2. The van der Waals surface area contributed by atoms with Crippen molar-refractivity contribution in [2.24, 2.45) is 0 Å². The summed E-state index contributed by atoms with van der Waals surface area (Å²) in [6, 6.07) is 16.1. The topological polar surface area (TPSA) is 115 Å². The minimum Gasteiger partial charge on any atom is -0.444 e. The van der Waals surface area contributed by atoms with Crippen LogP contribution in [-0.2, 0) is 9.47 Å². The first kappa shape index (κ1) is 28.1. The first-order valence-corrected chi connectivity index (χ1v) is 13.4. The molecule has 39 heavy (non-hydrogen) atoms. The number of guanidine groups is 1. The van der Waals surface area contributed by atoms with Gasteiger partial charge in [-0.15, -0.1) is 0 Å². The van der Waals surface area contributed by atoms with Gasteiger partial charge in [0, 0.05) is 31.6 Å². The summed E-state index contributed by atoms with van der Waals surface area (Å²) in [5.41, 5.74) is 3.16. The van der Waals surface area contributed by atoms with Crippen molar-refractivity contribution in [1.82, 2.24) is 25.5 Å². The zero-order valence-electron chi connectivity index (χ0n) is 23.1. The SMILES string of the molecule is CN1CCC(OC(c2cccc(C#CCCNC(=N)NC(=O)OC(C)(C)C)c2)c2nc3ccccc3[nH]2)CC1. The van der Waals surface area contributed by atoms with Crippen LogP contribution in [0.15, 0.2) is 48.5 Å². The Morgan fingerprint density at radius 1 is 1.21 bits per heavy atom. The molecule has 1 saturated heterocycles. The van der Waals surface area contributed by atoms with Crippen LogP contribution in [0.5, 0.6) is 0 Å². The molecule has 1 fully saturated rings. The predicted molar refractivity (Wildman–Crippen MR) is 153 cm³/mol. The molecule has 1 aliphatic heterocycles. The Morgan fingerprint density at radius 2 is 1.97 bits per heavy atom. The normalized spacial score (nSPS) is 15.3. The zero-order chi connectivity index (χ0) is 27.8. The summed E-state index contributed by atoms with van der Waals surface area (Å²) < 4.78 is 11.8. The van der Waals surface area contributed by atoms with Crippen molar-refractivity contribution >= 4 is 23.1 Å². The highest BCUT2D eigenvalue weighted by molar-refractivity contribution is 5.92. The average Bonchev–Trinajstić information content (AvgIpc) is 3.31. The summed E-state index contributed by atoms with van der Waals surface area (Å²) in [5.74, 6) is 7.02. The summed E-state index contributed by atoms with van der Waals surface area (Å²) in [6.45, 7) is 7.77. The summed E-state index contributed by atoms with van der Waals surface area (Å²) in [4.78, 5) is 22.4. The lowest BCUT2D eigenvalue weighted by atomic mass is 10.0. The highest BCUT2D eigenvalue weighted by Crippen LogP contribution is 2.30. The molecule has 3 aromatic rings. The molecule has 0 spiro atoms. The first-order chi connectivity index (χ1) is 18.7. The van der Waals surface area contributed by atoms with Crippen LogP contribution in [0.1, 0.15) is 63.1 Å². The number of nitrogens with one attached hydrogen (secondary N) is 4. The Balaban J connectivity index is 1.41. The van der Waals surface area contributed by atoms with E-state index in [0.717, 1.165) is 53.9 Å². The van der Waals surface area contributed by atoms with E-state index in [1.165, 1.54) is 0 Å². The third kappa shape index (κ3) is 8.57. The highest BCUT2D eigenvalue weighted by Gasteiger charge is 2.26. The van der Waals surface area contributed by atoms with E-state index in [-0.39, 0.29) is 18.2 Å². The molecule has 0 bridgehead atoms. The number of H-pyrrole nitrogens is 1. The molecule has 1 unspecified atom stereocenters. The van der Waals surface area contributed by atoms with E-state index in [2.05, 4.69) is 51.5 Å². The largest absolute Gasteiger partial charge is 0.444 e. The number of nitrogens with zero attached hydrogens (tertiary/aromatic N) is 2. The standard InChI is InChI=1S/C30H38N6O3/c1-30(2,3)39-29(37)35-28(31)32-17-8-7-10-21-11-9-12-22(20-21)26(38-23-15-18-36(4)19-16-23)27-33-24-13-5-6-14-25(24)34-27/h5-6,9,11-14,20,23,26H,8,15-19H2,1-4H3,(H,33,34)(H3,31,32,35,37). The highest BCUT2D eigenvalue weighted by atomic mass is 16.6. The summed E-state index contributed by atoms with van der Waals surface area (Å²) in [6.07, 6.45) is 1.64. The van der Waals surface area contributed by atoms with Crippen LogP contribution in [0.25, 0.3) is 11.0 Å². The molecule has 4 N–H and O–H groups in total. The fourth-order valence-corrected chi connectivity index (χ4v) is 4.35. The first-order valence-electron chi connectivity index (χ1n) is 13.4. The minimum absolute atomic E-state index is 0.118. The van der Waals surface area contributed by atoms with Gasteiger partial charge < -0.3 is 24.7 Å². The fourth-order valence-electron chi connectivity index (χ4n) is 4.35. The monoisotopic (exact) mass is 530 g/mol. The van der Waals surface area contributed by atoms with Crippen LogP contribution in [-0.4, -0.2) is 65.3 Å². The number of alkyl carbamates (subject to hydrolysis) is 1. The Hall–Kier alpha value is -3.87. The number of para-hydroxylation sites is 2. The molecule has 2 heterocycles. The summed E-state index contributed by atoms with van der Waals surface area (Å²) >= 11 is 0. The van der Waals surface area contributed by atoms with Gasteiger partial charge in [0.15, 0.2) is 5.96 Å². The Bertz CT molecular complexity index is 1310. The number of amides is 1. The predicted octanol–water partition coefficient (Wildman–Crippen LogP) is 4.55. The van der Waals surface area contributed by atoms with Crippen molar-refractivity contribution in [2.45, 2.75) is 57.8 Å². The molecule has 4 rings (SSSR count). The number of fused-ring (bicyclic) bond motifs is 1. The Kier molecular flexibility index (Phi) is 9.23. The number of carbonyl (C=O) groups excluding carboxylic acids is 1. The van der Waals surface area contributed by atoms with Gasteiger partial charge in [0.2, 0.25) is 0 Å². The van der Waals surface area contributed by atoms with Gasteiger partial charge in [0.1, 0.15) is 17.5 Å². The Labute approximate surface area is 230 Å². The molecule has 9 heteroatoms. The third-order valence-electron chi connectivity index (χ3n) is 6.25. The molecule has 0 radical (unpaired) electrons. The van der Waals surface area contributed by atoms with Gasteiger partial charge in [-0.3, -0.25) is 10.7 Å². The van der Waals surface area contributed by atoms with Crippen molar-refractivity contribution in [3.63, 3.8) is 0 Å². The molecule has 1 atom stereocenters. The number of imidazole rings is 1. The minimum atomic E-state index is -0.663. The van der Waals surface area contributed by atoms with Crippen molar-refractivity contribution in [3.05, 3.63) is 65.5 Å². The van der Waals surface area contributed by atoms with Gasteiger partial charge in [0.25, 0.3) is 0 Å². The maximum atomic E-state index is 11.8. The average molecular weight is 531 g/mol. The van der Waals surface area contributed by atoms with E-state index < -0.39 is 11.7 Å². The molecule has 0 saturated carbocycles. The molecule has 1 aromatic heterocycles. The molecule has 1 amide bonds. The number of ether oxygens (including phenoxy) is 2. The molecular weight excluding hydrogens is 492 g/mol. The molecule has 0 aliphatic carbocycles. The lowest BCUT2D eigenvalue weighted by Gasteiger charge is -2.31.